The first-order valence-electron chi connectivity index (χ1n) is 13.5. The first-order valence-corrected chi connectivity index (χ1v) is 13.5. The summed E-state index contributed by atoms with van der Waals surface area (Å²) >= 11 is 0. The van der Waals surface area contributed by atoms with Gasteiger partial charge in [-0.05, 0) is 85.9 Å². The highest BCUT2D eigenvalue weighted by Gasteiger charge is 2.31. The minimum Gasteiger partial charge on any atom is -0.378 e. The van der Waals surface area contributed by atoms with Crippen LogP contribution in [0.2, 0.25) is 0 Å². The maximum atomic E-state index is 13.1. The van der Waals surface area contributed by atoms with E-state index in [1.54, 1.807) is 6.08 Å². The van der Waals surface area contributed by atoms with E-state index in [9.17, 15) is 23.2 Å². The third-order valence-electron chi connectivity index (χ3n) is 7.09. The van der Waals surface area contributed by atoms with Crippen LogP contribution in [0, 0.1) is 11.3 Å². The molecule has 0 atom stereocenters. The molecule has 0 aromatic heterocycles. The molecule has 1 heterocycles. The summed E-state index contributed by atoms with van der Waals surface area (Å²) in [6.45, 7) is 8.63. The van der Waals surface area contributed by atoms with E-state index in [0.717, 1.165) is 59.7 Å². The minimum absolute atomic E-state index is 0.0245. The first kappa shape index (κ1) is 29.0. The second kappa shape index (κ2) is 12.9. The molecule has 1 aliphatic carbocycles. The largest absolute Gasteiger partial charge is 0.416 e. The van der Waals surface area contributed by atoms with Crippen LogP contribution >= 0.6 is 0 Å². The normalized spacial score (nSPS) is 17.2. The zero-order valence-corrected chi connectivity index (χ0v) is 22.7. The highest BCUT2D eigenvalue weighted by Crippen LogP contribution is 2.37. The number of halogens is 3. The Hall–Kier alpha value is -4.03. The van der Waals surface area contributed by atoms with Crippen molar-refractivity contribution in [3.05, 3.63) is 88.2 Å². The zero-order chi connectivity index (χ0) is 28.7. The van der Waals surface area contributed by atoms with Gasteiger partial charge in [-0.1, -0.05) is 18.2 Å². The molecule has 0 bridgehead atoms. The average Bonchev–Trinajstić information content (AvgIpc) is 3.35. The van der Waals surface area contributed by atoms with E-state index in [0.29, 0.717) is 32.7 Å². The predicted molar refractivity (Wildman–Crippen MR) is 150 cm³/mol. The Labute approximate surface area is 233 Å². The number of nitrogens with zero attached hydrogens (tertiary/aromatic N) is 3. The van der Waals surface area contributed by atoms with Crippen molar-refractivity contribution in [3.8, 4) is 6.07 Å². The van der Waals surface area contributed by atoms with E-state index in [1.165, 1.54) is 12.1 Å². The molecule has 1 amide bonds. The van der Waals surface area contributed by atoms with Gasteiger partial charge in [0.2, 0.25) is 0 Å². The molecule has 1 saturated heterocycles. The average molecular weight is 551 g/mol. The van der Waals surface area contributed by atoms with Crippen LogP contribution in [0.25, 0.3) is 6.08 Å². The third-order valence-corrected chi connectivity index (χ3v) is 7.09. The number of allylic oxidation sites excluding steroid dienone is 3. The Morgan fingerprint density at radius 2 is 1.80 bits per heavy atom. The van der Waals surface area contributed by atoms with E-state index in [1.807, 2.05) is 6.07 Å². The van der Waals surface area contributed by atoms with Crippen molar-refractivity contribution in [1.82, 2.24) is 4.90 Å². The molecule has 1 fully saturated rings. The predicted octanol–water partition coefficient (Wildman–Crippen LogP) is 6.40. The van der Waals surface area contributed by atoms with E-state index in [-0.39, 0.29) is 11.3 Å². The number of nitriles is 1. The number of amides is 1. The number of hydrogen-bond donors (Lipinski definition) is 1. The molecule has 0 radical (unpaired) electrons. The highest BCUT2D eigenvalue weighted by atomic mass is 19.4. The molecule has 0 spiro atoms. The van der Waals surface area contributed by atoms with Crippen LogP contribution in [0.15, 0.2) is 77.0 Å². The van der Waals surface area contributed by atoms with Crippen LogP contribution in [0.5, 0.6) is 0 Å². The van der Waals surface area contributed by atoms with Crippen LogP contribution in [0.1, 0.15) is 37.8 Å². The van der Waals surface area contributed by atoms with E-state index >= 15 is 0 Å². The van der Waals surface area contributed by atoms with Crippen molar-refractivity contribution >= 4 is 23.4 Å². The van der Waals surface area contributed by atoms with Gasteiger partial charge in [-0.2, -0.15) is 18.4 Å². The van der Waals surface area contributed by atoms with Crippen LogP contribution in [-0.4, -0.2) is 50.2 Å². The maximum Gasteiger partial charge on any atom is 0.416 e. The lowest BCUT2D eigenvalue weighted by molar-refractivity contribution is -0.137. The van der Waals surface area contributed by atoms with Crippen LogP contribution in [0.3, 0.4) is 0 Å². The summed E-state index contributed by atoms with van der Waals surface area (Å²) in [6.07, 6.45) is 0.553. The molecular weight excluding hydrogens is 517 g/mol. The van der Waals surface area contributed by atoms with Gasteiger partial charge in [-0.15, -0.1) is 0 Å². The third kappa shape index (κ3) is 6.93. The number of carbonyl (C=O) groups is 1. The van der Waals surface area contributed by atoms with Gasteiger partial charge in [0.15, 0.2) is 0 Å². The number of nitrogens with one attached hydrogen (secondary N) is 1. The number of anilines is 2. The van der Waals surface area contributed by atoms with Crippen molar-refractivity contribution in [2.24, 2.45) is 0 Å². The number of alkyl halides is 3. The Bertz CT molecular complexity index is 1340. The van der Waals surface area contributed by atoms with Crippen LogP contribution in [-0.2, 0) is 15.7 Å². The molecule has 1 N–H and O–H groups in total. The van der Waals surface area contributed by atoms with Crippen LogP contribution in [0.4, 0.5) is 24.5 Å². The fourth-order valence-corrected chi connectivity index (χ4v) is 5.05. The molecule has 9 heteroatoms. The van der Waals surface area contributed by atoms with Crippen molar-refractivity contribution in [2.45, 2.75) is 32.9 Å². The molecule has 2 aromatic carbocycles. The summed E-state index contributed by atoms with van der Waals surface area (Å²) in [5.41, 5.74) is 4.10. The minimum atomic E-state index is -4.54. The molecule has 40 heavy (non-hydrogen) atoms. The summed E-state index contributed by atoms with van der Waals surface area (Å²) < 4.78 is 44.8. The van der Waals surface area contributed by atoms with Gasteiger partial charge < -0.3 is 19.9 Å². The number of morpholine rings is 1. The lowest BCUT2D eigenvalue weighted by atomic mass is 10.1. The van der Waals surface area contributed by atoms with Gasteiger partial charge >= 0.3 is 6.18 Å². The first-order chi connectivity index (χ1) is 19.2. The van der Waals surface area contributed by atoms with E-state index < -0.39 is 17.6 Å². The number of benzene rings is 2. The molecule has 0 saturated carbocycles. The van der Waals surface area contributed by atoms with E-state index in [2.05, 4.69) is 59.3 Å². The molecule has 6 nitrogen and oxygen atoms in total. The highest BCUT2D eigenvalue weighted by molar-refractivity contribution is 6.07. The fraction of sp³-hybridized carbons (Fsp3) is 0.355. The monoisotopic (exact) mass is 550 g/mol. The van der Waals surface area contributed by atoms with Gasteiger partial charge in [-0.3, -0.25) is 4.79 Å². The second-order valence-corrected chi connectivity index (χ2v) is 9.61. The fourth-order valence-electron chi connectivity index (χ4n) is 5.05. The Morgan fingerprint density at radius 1 is 1.10 bits per heavy atom. The second-order valence-electron chi connectivity index (χ2n) is 9.61. The summed E-state index contributed by atoms with van der Waals surface area (Å²) in [4.78, 5) is 17.4. The van der Waals surface area contributed by atoms with E-state index in [4.69, 9.17) is 4.74 Å². The quantitative estimate of drug-likeness (QED) is 0.304. The van der Waals surface area contributed by atoms with Crippen molar-refractivity contribution in [1.29, 1.82) is 5.26 Å². The van der Waals surface area contributed by atoms with Crippen molar-refractivity contribution < 1.29 is 22.7 Å². The Kier molecular flexibility index (Phi) is 9.33. The summed E-state index contributed by atoms with van der Waals surface area (Å²) in [6, 6.07) is 14.7. The molecular formula is C31H33F3N4O2. The lowest BCUT2D eigenvalue weighted by Crippen LogP contribution is -2.36. The van der Waals surface area contributed by atoms with Crippen molar-refractivity contribution in [2.75, 3.05) is 49.6 Å². The molecule has 1 aliphatic heterocycles. The number of ether oxygens (including phenoxy) is 1. The van der Waals surface area contributed by atoms with Gasteiger partial charge in [0.25, 0.3) is 5.91 Å². The zero-order valence-electron chi connectivity index (χ0n) is 22.7. The van der Waals surface area contributed by atoms with Crippen molar-refractivity contribution in [3.63, 3.8) is 0 Å². The Morgan fingerprint density at radius 3 is 2.42 bits per heavy atom. The van der Waals surface area contributed by atoms with Crippen LogP contribution < -0.4 is 10.2 Å². The number of rotatable bonds is 8. The van der Waals surface area contributed by atoms with Gasteiger partial charge in [-0.25, -0.2) is 0 Å². The Balaban J connectivity index is 1.64. The standard InChI is InChI=1S/C31H33F3N4O2/c1-3-37(4-2)28-12-8-22(9-13-28)18-23-10-11-24(29(23)38-14-16-40-17-15-38)19-25(21-35)30(39)36-27-7-5-6-26(20-27)31(32,33)34/h5-9,12-13,18-20H,3-4,10-11,14-17H2,1-2H3,(H,36,39)/b23-18+,25-19+. The topological polar surface area (TPSA) is 68.6 Å². The summed E-state index contributed by atoms with van der Waals surface area (Å²) in [5, 5.41) is 12.2. The lowest BCUT2D eigenvalue weighted by Gasteiger charge is -2.31. The summed E-state index contributed by atoms with van der Waals surface area (Å²) in [5.74, 6) is -0.750. The molecule has 2 aromatic rings. The van der Waals surface area contributed by atoms with Gasteiger partial charge in [0, 0.05) is 43.3 Å². The molecule has 210 valence electrons. The number of carbonyl (C=O) groups excluding carboxylic acids is 1. The van der Waals surface area contributed by atoms with Gasteiger partial charge in [0.05, 0.1) is 18.8 Å². The molecule has 2 aliphatic rings. The molecule has 0 unspecified atom stereocenters. The molecule has 4 rings (SSSR count). The number of hydrogen-bond acceptors (Lipinski definition) is 5. The van der Waals surface area contributed by atoms with Gasteiger partial charge in [0.1, 0.15) is 11.6 Å². The summed E-state index contributed by atoms with van der Waals surface area (Å²) in [7, 11) is 0. The maximum absolute atomic E-state index is 13.1. The smallest absolute Gasteiger partial charge is 0.378 e. The SMILES string of the molecule is CCN(CC)c1ccc(/C=C2\CCC(/C=C(\C#N)C(=O)Nc3cccc(C(F)(F)F)c3)=C2N2CCOCC2)cc1.